The molecule has 0 saturated heterocycles. The molecule has 0 atom stereocenters. The fourth-order valence-corrected chi connectivity index (χ4v) is 1.79. The predicted octanol–water partition coefficient (Wildman–Crippen LogP) is 3.47. The molecule has 1 aromatic heterocycles. The monoisotopic (exact) mass is 299 g/mol. The quantitative estimate of drug-likeness (QED) is 0.672. The van der Waals surface area contributed by atoms with Gasteiger partial charge in [-0.05, 0) is 36.8 Å². The summed E-state index contributed by atoms with van der Waals surface area (Å²) in [5.74, 6) is 0.498. The number of allylic oxidation sites excluding steroid dienone is 2. The van der Waals surface area contributed by atoms with Crippen molar-refractivity contribution in [3.05, 3.63) is 66.0 Å². The van der Waals surface area contributed by atoms with Gasteiger partial charge in [0.2, 0.25) is 6.79 Å². The Labute approximate surface area is 128 Å². The van der Waals surface area contributed by atoms with Gasteiger partial charge in [-0.2, -0.15) is 0 Å². The zero-order valence-corrected chi connectivity index (χ0v) is 12.2. The van der Waals surface area contributed by atoms with Crippen LogP contribution in [0.4, 0.5) is 0 Å². The van der Waals surface area contributed by atoms with E-state index in [1.54, 1.807) is 6.08 Å². The zero-order chi connectivity index (χ0) is 15.8. The molecule has 0 amide bonds. The predicted molar refractivity (Wildman–Crippen MR) is 83.8 cm³/mol. The maximum atomic E-state index is 10.4. The Hall–Kier alpha value is -2.95. The van der Waals surface area contributed by atoms with Crippen LogP contribution in [-0.4, -0.2) is 22.9 Å². The number of aromatic nitrogens is 1. The van der Waals surface area contributed by atoms with Crippen molar-refractivity contribution in [3.63, 3.8) is 0 Å². The average molecular weight is 299 g/mol. The van der Waals surface area contributed by atoms with Crippen LogP contribution < -0.4 is 9.47 Å². The summed E-state index contributed by atoms with van der Waals surface area (Å²) in [4.78, 5) is 13.2. The van der Waals surface area contributed by atoms with Crippen LogP contribution in [0.3, 0.4) is 0 Å². The summed E-state index contributed by atoms with van der Waals surface area (Å²) in [6, 6.07) is 9.48. The van der Waals surface area contributed by atoms with Gasteiger partial charge in [0.05, 0.1) is 0 Å². The molecule has 0 radical (unpaired) electrons. The van der Waals surface area contributed by atoms with E-state index >= 15 is 0 Å². The van der Waals surface area contributed by atoms with Crippen molar-refractivity contribution in [2.24, 2.45) is 0 Å². The van der Waals surface area contributed by atoms with Gasteiger partial charge in [-0.25, -0.2) is 4.79 Å². The third-order valence-corrected chi connectivity index (χ3v) is 2.78. The molecule has 2 aromatic rings. The number of carboxylic acid groups (broad SMARTS) is 1. The Kier molecular flexibility index (Phi) is 5.43. The van der Waals surface area contributed by atoms with Gasteiger partial charge in [0, 0.05) is 18.5 Å². The second-order valence-electron chi connectivity index (χ2n) is 4.56. The molecule has 1 aliphatic heterocycles. The summed E-state index contributed by atoms with van der Waals surface area (Å²) >= 11 is 0. The number of nitrogens with one attached hydrogen (secondary N) is 1. The van der Waals surface area contributed by atoms with Gasteiger partial charge in [-0.15, -0.1) is 0 Å². The number of ether oxygens (including phenoxy) is 2. The minimum atomic E-state index is -0.955. The Morgan fingerprint density at radius 1 is 1.18 bits per heavy atom. The molecule has 114 valence electrons. The topological polar surface area (TPSA) is 71.6 Å². The summed E-state index contributed by atoms with van der Waals surface area (Å²) in [5, 5.41) is 8.50. The number of carbonyl (C=O) groups is 1. The summed E-state index contributed by atoms with van der Waals surface area (Å²) in [7, 11) is 0. The van der Waals surface area contributed by atoms with Crippen LogP contribution in [0, 0.1) is 0 Å². The van der Waals surface area contributed by atoms with Crippen LogP contribution in [-0.2, 0) is 4.79 Å². The molecular weight excluding hydrogens is 282 g/mol. The van der Waals surface area contributed by atoms with Crippen molar-refractivity contribution in [3.8, 4) is 11.5 Å². The van der Waals surface area contributed by atoms with Crippen molar-refractivity contribution >= 4 is 12.0 Å². The van der Waals surface area contributed by atoms with E-state index in [0.717, 1.165) is 23.0 Å². The number of rotatable bonds is 3. The van der Waals surface area contributed by atoms with Gasteiger partial charge in [0.15, 0.2) is 11.5 Å². The molecule has 0 aliphatic carbocycles. The Balaban J connectivity index is 0.000000299. The van der Waals surface area contributed by atoms with Gasteiger partial charge < -0.3 is 19.6 Å². The molecule has 0 spiro atoms. The van der Waals surface area contributed by atoms with E-state index in [0.29, 0.717) is 5.75 Å². The van der Waals surface area contributed by atoms with E-state index in [9.17, 15) is 4.79 Å². The molecule has 0 fully saturated rings. The highest BCUT2D eigenvalue weighted by atomic mass is 16.7. The van der Waals surface area contributed by atoms with E-state index in [4.69, 9.17) is 14.6 Å². The lowest BCUT2D eigenvalue weighted by atomic mass is 10.1. The van der Waals surface area contributed by atoms with Gasteiger partial charge in [-0.3, -0.25) is 0 Å². The molecule has 0 bridgehead atoms. The number of hydrogen-bond donors (Lipinski definition) is 2. The lowest BCUT2D eigenvalue weighted by Gasteiger charge is -1.98. The number of H-pyrrole nitrogens is 1. The maximum absolute atomic E-state index is 10.4. The van der Waals surface area contributed by atoms with Crippen molar-refractivity contribution in [1.29, 1.82) is 0 Å². The molecule has 2 heterocycles. The summed E-state index contributed by atoms with van der Waals surface area (Å²) in [6.45, 7) is 2.09. The Morgan fingerprint density at radius 3 is 2.55 bits per heavy atom. The largest absolute Gasteiger partial charge is 0.478 e. The second kappa shape index (κ2) is 7.73. The van der Waals surface area contributed by atoms with E-state index in [2.05, 4.69) is 4.98 Å². The molecule has 5 heteroatoms. The standard InChI is InChI=1S/C13H12O4.C4H5N/c1-9(2-5-13(14)15)6-10-3-4-11-12(7-10)17-8-16-11;1-2-4-5-3-1/h2-7H,8H2,1H3,(H,14,15);1-5H. The lowest BCUT2D eigenvalue weighted by molar-refractivity contribution is -0.131. The van der Waals surface area contributed by atoms with E-state index < -0.39 is 5.97 Å². The number of hydrogen-bond acceptors (Lipinski definition) is 3. The molecular formula is C17H17NO4. The SMILES string of the molecule is CC(C=CC(=O)O)=Cc1ccc2c(c1)OCO2.c1cc[nH]c1. The zero-order valence-electron chi connectivity index (χ0n) is 12.2. The van der Waals surface area contributed by atoms with E-state index in [1.807, 2.05) is 55.7 Å². The van der Waals surface area contributed by atoms with Crippen LogP contribution >= 0.6 is 0 Å². The van der Waals surface area contributed by atoms with Gasteiger partial charge >= 0.3 is 5.97 Å². The minimum absolute atomic E-state index is 0.250. The van der Waals surface area contributed by atoms with Crippen LogP contribution in [0.25, 0.3) is 6.08 Å². The molecule has 22 heavy (non-hydrogen) atoms. The van der Waals surface area contributed by atoms with Crippen LogP contribution in [0.5, 0.6) is 11.5 Å². The molecule has 2 N–H and O–H groups in total. The number of aliphatic carboxylic acids is 1. The summed E-state index contributed by atoms with van der Waals surface area (Å²) < 4.78 is 10.5. The first-order valence-electron chi connectivity index (χ1n) is 6.72. The van der Waals surface area contributed by atoms with Gasteiger partial charge in [0.25, 0.3) is 0 Å². The number of fused-ring (bicyclic) bond motifs is 1. The first-order valence-corrected chi connectivity index (χ1v) is 6.72. The number of carboxylic acids is 1. The van der Waals surface area contributed by atoms with Crippen molar-refractivity contribution in [2.75, 3.05) is 6.79 Å². The van der Waals surface area contributed by atoms with Crippen molar-refractivity contribution in [2.45, 2.75) is 6.92 Å². The third kappa shape index (κ3) is 4.86. The fraction of sp³-hybridized carbons (Fsp3) is 0.118. The highest BCUT2D eigenvalue weighted by Gasteiger charge is 2.12. The molecule has 0 unspecified atom stereocenters. The highest BCUT2D eigenvalue weighted by molar-refractivity contribution is 5.80. The molecule has 1 aliphatic rings. The number of benzene rings is 1. The van der Waals surface area contributed by atoms with E-state index in [-0.39, 0.29) is 6.79 Å². The van der Waals surface area contributed by atoms with Crippen LogP contribution in [0.1, 0.15) is 12.5 Å². The summed E-state index contributed by atoms with van der Waals surface area (Å²) in [5.41, 5.74) is 1.80. The third-order valence-electron chi connectivity index (χ3n) is 2.78. The van der Waals surface area contributed by atoms with Crippen LogP contribution in [0.15, 0.2) is 60.5 Å². The van der Waals surface area contributed by atoms with Gasteiger partial charge in [0.1, 0.15) is 0 Å². The first-order chi connectivity index (χ1) is 10.6. The number of aromatic amines is 1. The minimum Gasteiger partial charge on any atom is -0.478 e. The highest BCUT2D eigenvalue weighted by Crippen LogP contribution is 2.33. The van der Waals surface area contributed by atoms with Gasteiger partial charge in [-0.1, -0.05) is 23.8 Å². The van der Waals surface area contributed by atoms with Crippen LogP contribution in [0.2, 0.25) is 0 Å². The van der Waals surface area contributed by atoms with Crippen molar-refractivity contribution in [1.82, 2.24) is 4.98 Å². The second-order valence-corrected chi connectivity index (χ2v) is 4.56. The average Bonchev–Trinajstić information content (AvgIpc) is 3.18. The molecule has 5 nitrogen and oxygen atoms in total. The van der Waals surface area contributed by atoms with E-state index in [1.165, 1.54) is 0 Å². The first kappa shape index (κ1) is 15.4. The smallest absolute Gasteiger partial charge is 0.328 e. The molecule has 1 aromatic carbocycles. The lowest BCUT2D eigenvalue weighted by Crippen LogP contribution is -1.92. The fourth-order valence-electron chi connectivity index (χ4n) is 1.79. The Bertz CT molecular complexity index is 655. The maximum Gasteiger partial charge on any atom is 0.328 e. The molecule has 3 rings (SSSR count). The summed E-state index contributed by atoms with van der Waals surface area (Å²) in [6.07, 6.45) is 8.28. The van der Waals surface area contributed by atoms with Crippen molar-refractivity contribution < 1.29 is 19.4 Å². The molecule has 0 saturated carbocycles. The Morgan fingerprint density at radius 2 is 1.91 bits per heavy atom. The normalized spacial score (nSPS) is 12.9.